The highest BCUT2D eigenvalue weighted by Crippen LogP contribution is 2.44. The number of fused-ring (bicyclic) bond motifs is 3. The molecule has 13 atom stereocenters. The maximum absolute atomic E-state index is 15.7. The number of nitrogens with one attached hydrogen (secondary N) is 2. The Morgan fingerprint density at radius 3 is 1.88 bits per heavy atom. The van der Waals surface area contributed by atoms with Crippen molar-refractivity contribution in [1.82, 2.24) is 59.6 Å². The highest BCUT2D eigenvalue weighted by Gasteiger charge is 2.57. The van der Waals surface area contributed by atoms with Gasteiger partial charge in [-0.1, -0.05) is 105 Å². The summed E-state index contributed by atoms with van der Waals surface area (Å²) >= 11 is 0. The third-order valence-corrected chi connectivity index (χ3v) is 24.2. The zero-order valence-electron chi connectivity index (χ0n) is 65.8. The van der Waals surface area contributed by atoms with Crippen LogP contribution in [-0.4, -0.2) is 295 Å². The zero-order valence-corrected chi connectivity index (χ0v) is 65.8. The van der Waals surface area contributed by atoms with Crippen LogP contribution in [0.4, 0.5) is 13.2 Å². The van der Waals surface area contributed by atoms with E-state index in [-0.39, 0.29) is 102 Å². The molecule has 3 saturated carbocycles. The molecular formula is C76H125F3N12O14. The SMILES string of the molecule is CCC[C@H]1C(=O)N[C@@H]([C@@H](C)CC)C(=O)N(C)CC(=O)N(C)[C@H]2C/C=C\CCN(C2=O)[C@@H](CC2CCC(C)CC2)C(=O)N(C)CC(=O)N[C@@H](CCC2CCC(C(F)(F)F)C(OC)C2)C(=O)N2C[C@H](OCC)C[C@H]2C(=O)N(C)C2(CCC2)C(=O)N(C)[C@@H](C(CC)CC)C(=O)N(C)[C@H](C(=O)N(C)C)CC(=O)N1C. The fourth-order valence-corrected chi connectivity index (χ4v) is 16.8. The van der Waals surface area contributed by atoms with Crippen molar-refractivity contribution in [1.29, 1.82) is 0 Å². The topological polar surface area (TPSA) is 280 Å². The summed E-state index contributed by atoms with van der Waals surface area (Å²) in [6, 6.07) is -10.1. The van der Waals surface area contributed by atoms with Gasteiger partial charge in [0.15, 0.2) is 0 Å². The number of likely N-dealkylation sites (N-methyl/N-ethyl adjacent to an activating group) is 8. The number of amides is 12. The molecule has 3 aliphatic heterocycles. The van der Waals surface area contributed by atoms with Crippen molar-refractivity contribution in [2.24, 2.45) is 35.5 Å². The Kier molecular flexibility index (Phi) is 32.1. The molecule has 2 bridgehead atoms. The van der Waals surface area contributed by atoms with Gasteiger partial charge in [0.05, 0.1) is 37.6 Å². The van der Waals surface area contributed by atoms with Gasteiger partial charge in [-0.05, 0) is 114 Å². The summed E-state index contributed by atoms with van der Waals surface area (Å²) in [4.78, 5) is 195. The van der Waals surface area contributed by atoms with Gasteiger partial charge < -0.3 is 69.1 Å². The number of hydrogen-bond donors (Lipinski definition) is 2. The van der Waals surface area contributed by atoms with Crippen molar-refractivity contribution >= 4 is 70.9 Å². The van der Waals surface area contributed by atoms with Gasteiger partial charge in [-0.15, -0.1) is 0 Å². The van der Waals surface area contributed by atoms with Crippen molar-refractivity contribution in [3.63, 3.8) is 0 Å². The highest BCUT2D eigenvalue weighted by atomic mass is 19.4. The monoisotopic (exact) mass is 1490 g/mol. The lowest BCUT2D eigenvalue weighted by atomic mass is 9.73. The molecule has 2 saturated heterocycles. The molecule has 0 radical (unpaired) electrons. The molecule has 0 aromatic heterocycles. The first-order valence-corrected chi connectivity index (χ1v) is 38.6. The molecule has 12 amide bonds. The summed E-state index contributed by atoms with van der Waals surface area (Å²) in [7, 11) is 14.2. The molecular weight excluding hydrogens is 1360 g/mol. The minimum absolute atomic E-state index is 0.00458. The predicted molar refractivity (Wildman–Crippen MR) is 389 cm³/mol. The third kappa shape index (κ3) is 20.9. The number of carbonyl (C=O) groups excluding carboxylic acids is 12. The summed E-state index contributed by atoms with van der Waals surface area (Å²) in [6.45, 7) is 12.0. The molecule has 0 aromatic rings. The zero-order chi connectivity index (χ0) is 78.3. The van der Waals surface area contributed by atoms with Crippen LogP contribution in [0.2, 0.25) is 0 Å². The summed E-state index contributed by atoms with van der Waals surface area (Å²) in [6.07, 6.45) is 3.05. The Hall–Kier alpha value is -6.91. The number of methoxy groups -OCH3 is 1. The molecule has 6 aliphatic rings. The van der Waals surface area contributed by atoms with Gasteiger partial charge in [-0.2, -0.15) is 13.2 Å². The van der Waals surface area contributed by atoms with Gasteiger partial charge in [-0.25, -0.2) is 0 Å². The van der Waals surface area contributed by atoms with Crippen LogP contribution in [-0.2, 0) is 67.0 Å². The van der Waals surface area contributed by atoms with Crippen LogP contribution in [0.25, 0.3) is 0 Å². The lowest BCUT2D eigenvalue weighted by molar-refractivity contribution is -0.215. The van der Waals surface area contributed by atoms with Gasteiger partial charge >= 0.3 is 6.18 Å². The maximum Gasteiger partial charge on any atom is 0.394 e. The quantitative estimate of drug-likeness (QED) is 0.171. The number of alkyl halides is 3. The molecule has 0 aromatic carbocycles. The van der Waals surface area contributed by atoms with E-state index in [1.807, 2.05) is 33.8 Å². The van der Waals surface area contributed by atoms with Crippen molar-refractivity contribution in [2.75, 3.05) is 103 Å². The lowest BCUT2D eigenvalue weighted by Crippen LogP contribution is -2.68. The minimum atomic E-state index is -4.52. The fraction of sp³-hybridized carbons (Fsp3) is 0.816. The molecule has 3 heterocycles. The Bertz CT molecular complexity index is 3070. The summed E-state index contributed by atoms with van der Waals surface area (Å²) in [5.74, 6) is -10.4. The number of nitrogens with zero attached hydrogens (tertiary/aromatic N) is 10. The van der Waals surface area contributed by atoms with E-state index in [2.05, 4.69) is 17.6 Å². The van der Waals surface area contributed by atoms with E-state index in [9.17, 15) is 41.9 Å². The average Bonchev–Trinajstić information content (AvgIpc) is 1.03. The van der Waals surface area contributed by atoms with Crippen LogP contribution in [0.1, 0.15) is 190 Å². The average molecular weight is 1490 g/mol. The molecule has 26 nitrogen and oxygen atoms in total. The van der Waals surface area contributed by atoms with Crippen LogP contribution in [0.3, 0.4) is 0 Å². The molecule has 594 valence electrons. The van der Waals surface area contributed by atoms with Crippen LogP contribution in [0.15, 0.2) is 12.2 Å². The Morgan fingerprint density at radius 1 is 0.667 bits per heavy atom. The summed E-state index contributed by atoms with van der Waals surface area (Å²) in [5.41, 5.74) is -1.56. The van der Waals surface area contributed by atoms with Crippen LogP contribution in [0.5, 0.6) is 0 Å². The van der Waals surface area contributed by atoms with E-state index < -0.39 is 180 Å². The Balaban J connectivity index is 1.49. The first-order chi connectivity index (χ1) is 49.5. The molecule has 3 aliphatic carbocycles. The van der Waals surface area contributed by atoms with E-state index in [0.717, 1.165) is 30.6 Å². The third-order valence-electron chi connectivity index (χ3n) is 24.2. The molecule has 2 N–H and O–H groups in total. The van der Waals surface area contributed by atoms with Gasteiger partial charge in [0.2, 0.25) is 70.9 Å². The van der Waals surface area contributed by atoms with Gasteiger partial charge in [0, 0.05) is 96.7 Å². The van der Waals surface area contributed by atoms with Crippen molar-refractivity contribution in [3.8, 4) is 0 Å². The Labute approximate surface area is 621 Å². The largest absolute Gasteiger partial charge is 0.394 e. The molecule has 29 heteroatoms. The van der Waals surface area contributed by atoms with Gasteiger partial charge in [-0.3, -0.25) is 57.5 Å². The van der Waals surface area contributed by atoms with E-state index in [4.69, 9.17) is 9.47 Å². The molecule has 3 unspecified atom stereocenters. The van der Waals surface area contributed by atoms with Crippen LogP contribution >= 0.6 is 0 Å². The molecule has 1 spiro atoms. The first kappa shape index (κ1) is 87.0. The minimum Gasteiger partial charge on any atom is -0.381 e. The normalized spacial score (nSPS) is 30.8. The first-order valence-electron chi connectivity index (χ1n) is 38.6. The van der Waals surface area contributed by atoms with Gasteiger partial charge in [0.25, 0.3) is 0 Å². The Morgan fingerprint density at radius 2 is 1.30 bits per heavy atom. The van der Waals surface area contributed by atoms with Crippen LogP contribution < -0.4 is 10.6 Å². The van der Waals surface area contributed by atoms with E-state index in [1.54, 1.807) is 19.9 Å². The van der Waals surface area contributed by atoms with E-state index in [1.165, 1.54) is 115 Å². The smallest absolute Gasteiger partial charge is 0.381 e. The summed E-state index contributed by atoms with van der Waals surface area (Å²) in [5, 5.41) is 5.79. The van der Waals surface area contributed by atoms with Crippen molar-refractivity contribution < 1.29 is 80.2 Å². The number of hydrogen-bond acceptors (Lipinski definition) is 14. The van der Waals surface area contributed by atoms with E-state index in [0.29, 0.717) is 44.4 Å². The molecule has 5 fully saturated rings. The maximum atomic E-state index is 15.7. The second-order valence-electron chi connectivity index (χ2n) is 31.2. The van der Waals surface area contributed by atoms with E-state index >= 15 is 28.8 Å². The number of halogens is 3. The molecule has 105 heavy (non-hydrogen) atoms. The predicted octanol–water partition coefficient (Wildman–Crippen LogP) is 5.88. The second kappa shape index (κ2) is 38.8. The molecule has 6 rings (SSSR count). The highest BCUT2D eigenvalue weighted by molar-refractivity contribution is 6.01. The van der Waals surface area contributed by atoms with Crippen molar-refractivity contribution in [3.05, 3.63) is 12.2 Å². The lowest BCUT2D eigenvalue weighted by Gasteiger charge is -2.51. The number of rotatable bonds is 16. The fourth-order valence-electron chi connectivity index (χ4n) is 16.8. The standard InChI is InChI=1S/C76H125F3N12O14/c1-18-27-55-66(95)81-64(48(7)19-2)72(101)84(11)46-63(94)86(13)56-28-24-23-25-39-90(71(56)100)58(40-49-31-29-47(6)30-32-49)69(98)83(10)45-61(92)80-54(36-34-50-33-35-53(76(77,78)79)60(41-50)104-17)67(96)91-44-52(105-22-5)42-59(91)70(99)89(16)75(37-26-38-75)74(103)88(15)65(51(20-3)21-4)73(102)87(14)57(68(97)82(8)9)43-62(93)85(55)12/h23-24,47-60,64-65H,18-22,25-46H2,1-17H3,(H,80,92)(H,81,95)/b24-23-/t47?,48-,49?,50?,52+,53?,54-,55-,56-,57-,58-,59-,60?,64-,65-/m0/s1. The van der Waals surface area contributed by atoms with Crippen molar-refractivity contribution in [2.45, 2.75) is 262 Å². The summed E-state index contributed by atoms with van der Waals surface area (Å²) < 4.78 is 54.5. The number of carbonyl (C=O) groups is 12. The number of ether oxygens (including phenoxy) is 2. The van der Waals surface area contributed by atoms with Gasteiger partial charge in [0.1, 0.15) is 53.9 Å². The van der Waals surface area contributed by atoms with Crippen LogP contribution in [0, 0.1) is 35.5 Å². The second-order valence-corrected chi connectivity index (χ2v) is 31.2.